The van der Waals surface area contributed by atoms with Gasteiger partial charge in [0, 0.05) is 0 Å². The lowest BCUT2D eigenvalue weighted by atomic mass is 10.0. The molecule has 0 bridgehead atoms. The van der Waals surface area contributed by atoms with E-state index in [1.165, 1.54) is 5.57 Å². The molecule has 0 fully saturated rings. The Kier molecular flexibility index (Phi) is 8.13. The molecule has 0 aromatic carbocycles. The molecule has 0 heterocycles. The molecule has 0 aliphatic heterocycles. The van der Waals surface area contributed by atoms with Gasteiger partial charge in [0.05, 0.1) is 0 Å². The summed E-state index contributed by atoms with van der Waals surface area (Å²) in [6.07, 6.45) is 12.9. The summed E-state index contributed by atoms with van der Waals surface area (Å²) in [5, 5.41) is 0. The minimum Gasteiger partial charge on any atom is -0.129 e. The van der Waals surface area contributed by atoms with Crippen LogP contribution in [0.4, 0.5) is 0 Å². The minimum absolute atomic E-state index is 0.996. The second-order valence-corrected chi connectivity index (χ2v) is 3.22. The number of allylic oxidation sites excluding steroid dienone is 7. The van der Waals surface area contributed by atoms with Crippen LogP contribution in [0.1, 0.15) is 26.2 Å². The monoisotopic (exact) mass is 200 g/mol. The molecule has 0 unspecified atom stereocenters. The van der Waals surface area contributed by atoms with Crippen molar-refractivity contribution in [3.63, 3.8) is 0 Å². The fourth-order valence-electron chi connectivity index (χ4n) is 1.24. The van der Waals surface area contributed by atoms with Crippen molar-refractivity contribution in [2.75, 3.05) is 0 Å². The highest BCUT2D eigenvalue weighted by molar-refractivity contribution is 5.38. The molecule has 0 saturated heterocycles. The van der Waals surface area contributed by atoms with E-state index in [9.17, 15) is 0 Å². The van der Waals surface area contributed by atoms with E-state index in [-0.39, 0.29) is 0 Å². The number of hydrogen-bond donors (Lipinski definition) is 0. The topological polar surface area (TPSA) is 0 Å². The third-order valence-corrected chi connectivity index (χ3v) is 1.99. The normalized spacial score (nSPS) is 11.1. The van der Waals surface area contributed by atoms with Gasteiger partial charge in [-0.15, -0.1) is 12.3 Å². The predicted molar refractivity (Wildman–Crippen MR) is 69.8 cm³/mol. The summed E-state index contributed by atoms with van der Waals surface area (Å²) in [5.41, 5.74) is 5.06. The molecule has 0 heteroatoms. The molecular formula is C15H20. The second-order valence-electron chi connectivity index (χ2n) is 3.22. The molecule has 0 aromatic heterocycles. The Morgan fingerprint density at radius 2 is 2.13 bits per heavy atom. The lowest BCUT2D eigenvalue weighted by Gasteiger charge is -2.05. The van der Waals surface area contributed by atoms with Crippen molar-refractivity contribution in [2.45, 2.75) is 26.2 Å². The highest BCUT2D eigenvalue weighted by Crippen LogP contribution is 2.16. The summed E-state index contributed by atoms with van der Waals surface area (Å²) < 4.78 is 0. The molecule has 0 amide bonds. The molecule has 0 saturated carbocycles. The second kappa shape index (κ2) is 9.05. The van der Waals surface area contributed by atoms with Gasteiger partial charge in [-0.2, -0.15) is 0 Å². The fraction of sp³-hybridized carbons (Fsp3) is 0.267. The van der Waals surface area contributed by atoms with E-state index in [1.54, 1.807) is 6.08 Å². The van der Waals surface area contributed by atoms with Gasteiger partial charge in [0.2, 0.25) is 0 Å². The summed E-state index contributed by atoms with van der Waals surface area (Å²) >= 11 is 0. The molecule has 0 N–H and O–H groups in total. The molecule has 0 atom stereocenters. The third-order valence-electron chi connectivity index (χ3n) is 1.99. The standard InChI is InChI=1S/C15H20/c1-5-8-10-12-14(4)15(11-7-3)13-9-6-2/h6,8,10-12H,1-2,4,7,9,13H2,3H3/b12-10-,15-11?. The van der Waals surface area contributed by atoms with Gasteiger partial charge in [-0.05, 0) is 36.5 Å². The molecule has 0 radical (unpaired) electrons. The van der Waals surface area contributed by atoms with Crippen LogP contribution in [0.15, 0.2) is 67.0 Å². The van der Waals surface area contributed by atoms with Crippen LogP contribution in [0.25, 0.3) is 0 Å². The molecule has 80 valence electrons. The molecule has 0 aromatic rings. The van der Waals surface area contributed by atoms with Crippen molar-refractivity contribution in [1.82, 2.24) is 0 Å². The van der Waals surface area contributed by atoms with Crippen LogP contribution in [0, 0.1) is 0 Å². The summed E-state index contributed by atoms with van der Waals surface area (Å²) in [4.78, 5) is 0. The van der Waals surface area contributed by atoms with Crippen molar-refractivity contribution < 1.29 is 0 Å². The molecule has 0 spiro atoms. The highest BCUT2D eigenvalue weighted by Gasteiger charge is 1.97. The third kappa shape index (κ3) is 6.54. The summed E-state index contributed by atoms with van der Waals surface area (Å²) in [7, 11) is 0. The molecule has 0 aliphatic carbocycles. The van der Waals surface area contributed by atoms with Crippen LogP contribution in [-0.2, 0) is 0 Å². The van der Waals surface area contributed by atoms with Crippen LogP contribution < -0.4 is 0 Å². The first-order chi connectivity index (χ1) is 7.26. The van der Waals surface area contributed by atoms with Crippen molar-refractivity contribution in [3.05, 3.63) is 67.0 Å². The van der Waals surface area contributed by atoms with Gasteiger partial charge in [-0.3, -0.25) is 0 Å². The Morgan fingerprint density at radius 3 is 2.67 bits per heavy atom. The first-order valence-corrected chi connectivity index (χ1v) is 5.28. The zero-order valence-electron chi connectivity index (χ0n) is 9.63. The maximum atomic E-state index is 4.04. The summed E-state index contributed by atoms with van der Waals surface area (Å²) in [6, 6.07) is 0. The molecule has 15 heavy (non-hydrogen) atoms. The molecular weight excluding hydrogens is 180 g/mol. The zero-order valence-corrected chi connectivity index (χ0v) is 9.63. The van der Waals surface area contributed by atoms with Crippen molar-refractivity contribution in [3.8, 4) is 0 Å². The number of hydrogen-bond acceptors (Lipinski definition) is 0. The van der Waals surface area contributed by atoms with Gasteiger partial charge in [0.25, 0.3) is 0 Å². The SMILES string of the molecule is C=C=C/C=C\C(=C)C(=CCC)CCC=C. The predicted octanol–water partition coefficient (Wildman–Crippen LogP) is 4.74. The molecule has 0 nitrogen and oxygen atoms in total. The Bertz CT molecular complexity index is 307. The largest absolute Gasteiger partial charge is 0.129 e. The van der Waals surface area contributed by atoms with E-state index >= 15 is 0 Å². The zero-order chi connectivity index (χ0) is 11.5. The van der Waals surface area contributed by atoms with Gasteiger partial charge >= 0.3 is 0 Å². The van der Waals surface area contributed by atoms with Crippen LogP contribution in [0.5, 0.6) is 0 Å². The maximum absolute atomic E-state index is 4.04. The lowest BCUT2D eigenvalue weighted by molar-refractivity contribution is 0.981. The van der Waals surface area contributed by atoms with Crippen molar-refractivity contribution in [2.24, 2.45) is 0 Å². The Hall–Kier alpha value is -1.52. The van der Waals surface area contributed by atoms with E-state index in [0.717, 1.165) is 24.8 Å². The van der Waals surface area contributed by atoms with Crippen molar-refractivity contribution in [1.29, 1.82) is 0 Å². The van der Waals surface area contributed by atoms with E-state index in [1.807, 2.05) is 18.2 Å². The average Bonchev–Trinajstić information content (AvgIpc) is 2.24. The first kappa shape index (κ1) is 13.5. The van der Waals surface area contributed by atoms with E-state index < -0.39 is 0 Å². The van der Waals surface area contributed by atoms with Gasteiger partial charge in [-0.1, -0.05) is 44.4 Å². The highest BCUT2D eigenvalue weighted by atomic mass is 14.0. The van der Waals surface area contributed by atoms with Gasteiger partial charge in [0.15, 0.2) is 0 Å². The fourth-order valence-corrected chi connectivity index (χ4v) is 1.24. The Morgan fingerprint density at radius 1 is 1.40 bits per heavy atom. The van der Waals surface area contributed by atoms with Crippen LogP contribution >= 0.6 is 0 Å². The van der Waals surface area contributed by atoms with Crippen LogP contribution in [-0.4, -0.2) is 0 Å². The van der Waals surface area contributed by atoms with Crippen LogP contribution in [0.3, 0.4) is 0 Å². The Labute approximate surface area is 93.7 Å². The number of rotatable bonds is 7. The molecule has 0 aliphatic rings. The van der Waals surface area contributed by atoms with Gasteiger partial charge in [-0.25, -0.2) is 0 Å². The summed E-state index contributed by atoms with van der Waals surface area (Å²) in [6.45, 7) is 13.4. The summed E-state index contributed by atoms with van der Waals surface area (Å²) in [5.74, 6) is 0. The maximum Gasteiger partial charge on any atom is -0.0206 e. The van der Waals surface area contributed by atoms with Gasteiger partial charge in [0.1, 0.15) is 0 Å². The Balaban J connectivity index is 4.48. The first-order valence-electron chi connectivity index (χ1n) is 5.28. The smallest absolute Gasteiger partial charge is 0.0206 e. The average molecular weight is 200 g/mol. The van der Waals surface area contributed by atoms with Gasteiger partial charge < -0.3 is 0 Å². The molecule has 0 rings (SSSR count). The van der Waals surface area contributed by atoms with E-state index in [2.05, 4.69) is 38.5 Å². The van der Waals surface area contributed by atoms with Crippen molar-refractivity contribution >= 4 is 0 Å². The minimum atomic E-state index is 0.996. The lowest BCUT2D eigenvalue weighted by Crippen LogP contribution is -1.85. The van der Waals surface area contributed by atoms with E-state index in [0.29, 0.717) is 0 Å². The quantitative estimate of drug-likeness (QED) is 0.316. The van der Waals surface area contributed by atoms with E-state index in [4.69, 9.17) is 0 Å². The van der Waals surface area contributed by atoms with Crippen LogP contribution in [0.2, 0.25) is 0 Å².